The van der Waals surface area contributed by atoms with Crippen molar-refractivity contribution < 1.29 is 36.6 Å². The largest absolute Gasteiger partial charge is 0.573 e. The van der Waals surface area contributed by atoms with E-state index in [2.05, 4.69) is 4.74 Å². The minimum Gasteiger partial charge on any atom is -0.496 e. The van der Waals surface area contributed by atoms with Crippen LogP contribution in [0, 0.1) is 0 Å². The number of ether oxygens (including phenoxy) is 3. The van der Waals surface area contributed by atoms with Crippen molar-refractivity contribution in [3.63, 3.8) is 0 Å². The normalized spacial score (nSPS) is 13.5. The molecule has 2 aromatic rings. The molecule has 0 saturated carbocycles. The highest BCUT2D eigenvalue weighted by Crippen LogP contribution is 2.36. The molecule has 0 fully saturated rings. The van der Waals surface area contributed by atoms with E-state index in [4.69, 9.17) is 9.47 Å². The standard InChI is InChI=1S/C18H15F4NO4/c1-25-15-7-14(26-10-19)6-12-9-23(17(24)16(12)15)8-11-2-4-13(5-3-11)27-18(20,21)22/h2-7H,8-10H2,1H3. The lowest BCUT2D eigenvalue weighted by atomic mass is 10.1. The monoisotopic (exact) mass is 385 g/mol. The van der Waals surface area contributed by atoms with Gasteiger partial charge in [0, 0.05) is 19.2 Å². The van der Waals surface area contributed by atoms with E-state index < -0.39 is 13.2 Å². The van der Waals surface area contributed by atoms with Crippen LogP contribution in [0.5, 0.6) is 17.2 Å². The second-order valence-corrected chi connectivity index (χ2v) is 5.77. The van der Waals surface area contributed by atoms with Gasteiger partial charge in [-0.3, -0.25) is 4.79 Å². The van der Waals surface area contributed by atoms with Gasteiger partial charge in [0.15, 0.2) is 0 Å². The van der Waals surface area contributed by atoms with E-state index in [-0.39, 0.29) is 36.2 Å². The third-order valence-electron chi connectivity index (χ3n) is 3.99. The summed E-state index contributed by atoms with van der Waals surface area (Å²) in [4.78, 5) is 14.2. The van der Waals surface area contributed by atoms with Gasteiger partial charge in [-0.25, -0.2) is 4.39 Å². The number of carbonyl (C=O) groups is 1. The summed E-state index contributed by atoms with van der Waals surface area (Å²) >= 11 is 0. The van der Waals surface area contributed by atoms with Crippen LogP contribution in [0.25, 0.3) is 0 Å². The van der Waals surface area contributed by atoms with E-state index >= 15 is 0 Å². The summed E-state index contributed by atoms with van der Waals surface area (Å²) in [7, 11) is 1.39. The number of hydrogen-bond acceptors (Lipinski definition) is 4. The molecule has 144 valence electrons. The Morgan fingerprint density at radius 1 is 1.11 bits per heavy atom. The molecule has 0 radical (unpaired) electrons. The molecule has 0 aliphatic carbocycles. The van der Waals surface area contributed by atoms with Crippen LogP contribution in [0.15, 0.2) is 36.4 Å². The number of fused-ring (bicyclic) bond motifs is 1. The van der Waals surface area contributed by atoms with Crippen LogP contribution in [0.1, 0.15) is 21.5 Å². The lowest BCUT2D eigenvalue weighted by Crippen LogP contribution is -2.23. The lowest BCUT2D eigenvalue weighted by molar-refractivity contribution is -0.274. The highest BCUT2D eigenvalue weighted by Gasteiger charge is 2.32. The van der Waals surface area contributed by atoms with E-state index in [0.717, 1.165) is 0 Å². The fourth-order valence-electron chi connectivity index (χ4n) is 2.90. The van der Waals surface area contributed by atoms with Crippen LogP contribution < -0.4 is 14.2 Å². The maximum absolute atomic E-state index is 12.7. The molecule has 0 N–H and O–H groups in total. The Balaban J connectivity index is 1.76. The van der Waals surface area contributed by atoms with Crippen LogP contribution in [-0.2, 0) is 13.1 Å². The Morgan fingerprint density at radius 3 is 2.41 bits per heavy atom. The van der Waals surface area contributed by atoms with E-state index in [1.165, 1.54) is 42.3 Å². The summed E-state index contributed by atoms with van der Waals surface area (Å²) in [5.74, 6) is -0.102. The van der Waals surface area contributed by atoms with Crippen molar-refractivity contribution in [2.24, 2.45) is 0 Å². The number of rotatable bonds is 6. The molecule has 0 spiro atoms. The van der Waals surface area contributed by atoms with Gasteiger partial charge in [0.1, 0.15) is 17.2 Å². The van der Waals surface area contributed by atoms with Crippen LogP contribution in [-0.4, -0.2) is 31.1 Å². The Morgan fingerprint density at radius 2 is 1.81 bits per heavy atom. The van der Waals surface area contributed by atoms with E-state index in [1.54, 1.807) is 6.07 Å². The summed E-state index contributed by atoms with van der Waals surface area (Å²) in [6.07, 6.45) is -4.76. The van der Waals surface area contributed by atoms with Crippen molar-refractivity contribution in [1.29, 1.82) is 0 Å². The molecule has 1 heterocycles. The highest BCUT2D eigenvalue weighted by atomic mass is 19.4. The van der Waals surface area contributed by atoms with Crippen molar-refractivity contribution >= 4 is 5.91 Å². The number of benzene rings is 2. The molecule has 0 saturated heterocycles. The molecule has 0 atom stereocenters. The zero-order valence-electron chi connectivity index (χ0n) is 14.2. The van der Waals surface area contributed by atoms with Crippen molar-refractivity contribution in [3.05, 3.63) is 53.1 Å². The van der Waals surface area contributed by atoms with Crippen molar-refractivity contribution in [2.75, 3.05) is 14.0 Å². The average molecular weight is 385 g/mol. The fraction of sp³-hybridized carbons (Fsp3) is 0.278. The highest BCUT2D eigenvalue weighted by molar-refractivity contribution is 6.01. The summed E-state index contributed by atoms with van der Waals surface area (Å²) in [6.45, 7) is -0.580. The molecular weight excluding hydrogens is 370 g/mol. The predicted octanol–water partition coefficient (Wildman–Crippen LogP) is 4.06. The SMILES string of the molecule is COc1cc(OCF)cc2c1C(=O)N(Cc1ccc(OC(F)(F)F)cc1)C2. The Hall–Kier alpha value is -2.97. The molecule has 0 unspecified atom stereocenters. The first kappa shape index (κ1) is 18.8. The van der Waals surface area contributed by atoms with Gasteiger partial charge in [-0.2, -0.15) is 0 Å². The molecule has 2 aromatic carbocycles. The van der Waals surface area contributed by atoms with Gasteiger partial charge in [-0.05, 0) is 29.3 Å². The summed E-state index contributed by atoms with van der Waals surface area (Å²) in [5.41, 5.74) is 1.62. The van der Waals surface area contributed by atoms with E-state index in [0.29, 0.717) is 16.7 Å². The second kappa shape index (κ2) is 7.34. The number of methoxy groups -OCH3 is 1. The predicted molar refractivity (Wildman–Crippen MR) is 86.3 cm³/mol. The summed E-state index contributed by atoms with van der Waals surface area (Å²) < 4.78 is 62.9. The fourth-order valence-corrected chi connectivity index (χ4v) is 2.90. The molecule has 5 nitrogen and oxygen atoms in total. The molecule has 3 rings (SSSR count). The number of carbonyl (C=O) groups excluding carboxylic acids is 1. The van der Waals surface area contributed by atoms with Crippen LogP contribution in [0.2, 0.25) is 0 Å². The lowest BCUT2D eigenvalue weighted by Gasteiger charge is -2.16. The van der Waals surface area contributed by atoms with Gasteiger partial charge in [-0.15, -0.1) is 13.2 Å². The maximum atomic E-state index is 12.7. The summed E-state index contributed by atoms with van der Waals surface area (Å²) in [5, 5.41) is 0. The maximum Gasteiger partial charge on any atom is 0.573 e. The Bertz CT molecular complexity index is 836. The van der Waals surface area contributed by atoms with E-state index in [9.17, 15) is 22.4 Å². The quantitative estimate of drug-likeness (QED) is 0.704. The van der Waals surface area contributed by atoms with Crippen molar-refractivity contribution in [3.8, 4) is 17.2 Å². The first-order chi connectivity index (χ1) is 12.8. The number of amides is 1. The summed E-state index contributed by atoms with van der Waals surface area (Å²) in [6, 6.07) is 8.27. The first-order valence-electron chi connectivity index (χ1n) is 7.84. The van der Waals surface area contributed by atoms with E-state index in [1.807, 2.05) is 0 Å². The molecule has 0 aromatic heterocycles. The number of halogens is 4. The van der Waals surface area contributed by atoms with Gasteiger partial charge >= 0.3 is 6.36 Å². The van der Waals surface area contributed by atoms with Gasteiger partial charge in [-0.1, -0.05) is 12.1 Å². The molecule has 1 amide bonds. The van der Waals surface area contributed by atoms with Gasteiger partial charge < -0.3 is 19.1 Å². The Kier molecular flexibility index (Phi) is 5.11. The Labute approximate surface area is 152 Å². The molecule has 27 heavy (non-hydrogen) atoms. The van der Waals surface area contributed by atoms with Crippen LogP contribution in [0.3, 0.4) is 0 Å². The molecular formula is C18H15F4NO4. The number of nitrogens with zero attached hydrogens (tertiary/aromatic N) is 1. The minimum absolute atomic E-state index is 0.183. The second-order valence-electron chi connectivity index (χ2n) is 5.77. The smallest absolute Gasteiger partial charge is 0.496 e. The zero-order valence-corrected chi connectivity index (χ0v) is 14.2. The molecule has 1 aliphatic rings. The molecule has 9 heteroatoms. The average Bonchev–Trinajstić information content (AvgIpc) is 2.91. The van der Waals surface area contributed by atoms with Crippen molar-refractivity contribution in [2.45, 2.75) is 19.5 Å². The van der Waals surface area contributed by atoms with Crippen LogP contribution >= 0.6 is 0 Å². The van der Waals surface area contributed by atoms with Gasteiger partial charge in [0.05, 0.1) is 12.7 Å². The number of alkyl halides is 4. The van der Waals surface area contributed by atoms with Crippen molar-refractivity contribution in [1.82, 2.24) is 4.90 Å². The number of hydrogen-bond donors (Lipinski definition) is 0. The van der Waals surface area contributed by atoms with Crippen LogP contribution in [0.4, 0.5) is 17.6 Å². The third kappa shape index (κ3) is 4.24. The first-order valence-corrected chi connectivity index (χ1v) is 7.84. The van der Waals surface area contributed by atoms with Gasteiger partial charge in [0.2, 0.25) is 6.86 Å². The minimum atomic E-state index is -4.76. The molecule has 0 bridgehead atoms. The van der Waals surface area contributed by atoms with Gasteiger partial charge in [0.25, 0.3) is 5.91 Å². The third-order valence-corrected chi connectivity index (χ3v) is 3.99. The zero-order chi connectivity index (χ0) is 19.6. The topological polar surface area (TPSA) is 48.0 Å². The molecule has 1 aliphatic heterocycles.